The Bertz CT molecular complexity index is 705. The summed E-state index contributed by atoms with van der Waals surface area (Å²) in [6.07, 6.45) is 0.542. The zero-order chi connectivity index (χ0) is 15.5. The molecule has 4 N–H and O–H groups in total. The van der Waals surface area contributed by atoms with E-state index in [0.29, 0.717) is 12.1 Å². The zero-order valence-electron chi connectivity index (χ0n) is 11.7. The Kier molecular flexibility index (Phi) is 4.50. The number of benzene rings is 2. The molecule has 0 bridgehead atoms. The van der Waals surface area contributed by atoms with Crippen molar-refractivity contribution in [2.75, 3.05) is 12.3 Å². The molecule has 0 spiro atoms. The van der Waals surface area contributed by atoms with Crippen LogP contribution in [0.2, 0.25) is 0 Å². The van der Waals surface area contributed by atoms with E-state index < -0.39 is 10.0 Å². The predicted molar refractivity (Wildman–Crippen MR) is 82.6 cm³/mol. The Labute approximate surface area is 124 Å². The minimum Gasteiger partial charge on any atom is -0.508 e. The van der Waals surface area contributed by atoms with Crippen LogP contribution in [0.1, 0.15) is 11.1 Å². The van der Waals surface area contributed by atoms with Crippen LogP contribution in [0.3, 0.4) is 0 Å². The Morgan fingerprint density at radius 1 is 1.14 bits per heavy atom. The largest absolute Gasteiger partial charge is 0.508 e. The van der Waals surface area contributed by atoms with Crippen molar-refractivity contribution in [1.29, 1.82) is 0 Å². The van der Waals surface area contributed by atoms with Crippen LogP contribution < -0.4 is 10.5 Å². The summed E-state index contributed by atoms with van der Waals surface area (Å²) in [5, 5.41) is 9.19. The molecule has 0 aliphatic rings. The van der Waals surface area contributed by atoms with Gasteiger partial charge in [0.05, 0.1) is 4.90 Å². The average Bonchev–Trinajstić information content (AvgIpc) is 2.40. The lowest BCUT2D eigenvalue weighted by Gasteiger charge is -2.08. The molecule has 112 valence electrons. The molecule has 0 atom stereocenters. The van der Waals surface area contributed by atoms with Gasteiger partial charge in [-0.2, -0.15) is 0 Å². The van der Waals surface area contributed by atoms with Gasteiger partial charge in [0, 0.05) is 12.2 Å². The Morgan fingerprint density at radius 3 is 2.43 bits per heavy atom. The fourth-order valence-electron chi connectivity index (χ4n) is 2.01. The minimum absolute atomic E-state index is 0.172. The quantitative estimate of drug-likeness (QED) is 0.734. The fourth-order valence-corrected chi connectivity index (χ4v) is 3.18. The lowest BCUT2D eigenvalue weighted by atomic mass is 10.1. The van der Waals surface area contributed by atoms with Crippen molar-refractivity contribution >= 4 is 15.7 Å². The van der Waals surface area contributed by atoms with E-state index in [4.69, 9.17) is 5.73 Å². The van der Waals surface area contributed by atoms with Crippen molar-refractivity contribution in [2.24, 2.45) is 0 Å². The fraction of sp³-hybridized carbons (Fsp3) is 0.200. The number of hydrogen-bond donors (Lipinski definition) is 3. The van der Waals surface area contributed by atoms with Gasteiger partial charge in [0.1, 0.15) is 5.75 Å². The third-order valence-electron chi connectivity index (χ3n) is 3.03. The summed E-state index contributed by atoms with van der Waals surface area (Å²) < 4.78 is 26.9. The van der Waals surface area contributed by atoms with E-state index in [2.05, 4.69) is 4.72 Å². The van der Waals surface area contributed by atoms with E-state index in [0.717, 1.165) is 11.1 Å². The maximum Gasteiger partial charge on any atom is 0.240 e. The number of anilines is 1. The maximum absolute atomic E-state index is 12.2. The summed E-state index contributed by atoms with van der Waals surface area (Å²) in [5.41, 5.74) is 7.84. The van der Waals surface area contributed by atoms with Gasteiger partial charge in [0.2, 0.25) is 10.0 Å². The van der Waals surface area contributed by atoms with Gasteiger partial charge in [-0.05, 0) is 54.8 Å². The van der Waals surface area contributed by atoms with Crippen LogP contribution >= 0.6 is 0 Å². The molecule has 0 aromatic heterocycles. The number of phenolic OH excluding ortho intramolecular Hbond substituents is 1. The molecular weight excluding hydrogens is 288 g/mol. The molecule has 2 aromatic carbocycles. The average molecular weight is 306 g/mol. The molecule has 0 aliphatic heterocycles. The maximum atomic E-state index is 12.2. The van der Waals surface area contributed by atoms with Crippen molar-refractivity contribution in [1.82, 2.24) is 4.72 Å². The standard InChI is InChI=1S/C15H18N2O3S/c1-11-8-13(16)10-15(9-11)21(19,20)17-7-6-12-2-4-14(18)5-3-12/h2-5,8-10,17-18H,6-7,16H2,1H3. The topological polar surface area (TPSA) is 92.4 Å². The Balaban J connectivity index is 2.02. The molecule has 0 amide bonds. The van der Waals surface area contributed by atoms with Crippen molar-refractivity contribution in [3.8, 4) is 5.75 Å². The van der Waals surface area contributed by atoms with E-state index in [-0.39, 0.29) is 17.2 Å². The third-order valence-corrected chi connectivity index (χ3v) is 4.47. The van der Waals surface area contributed by atoms with E-state index >= 15 is 0 Å². The number of phenols is 1. The highest BCUT2D eigenvalue weighted by Gasteiger charge is 2.14. The van der Waals surface area contributed by atoms with Crippen LogP contribution in [0.4, 0.5) is 5.69 Å². The van der Waals surface area contributed by atoms with Gasteiger partial charge in [0.25, 0.3) is 0 Å². The summed E-state index contributed by atoms with van der Waals surface area (Å²) in [5.74, 6) is 0.189. The highest BCUT2D eigenvalue weighted by molar-refractivity contribution is 7.89. The van der Waals surface area contributed by atoms with Crippen LogP contribution in [0, 0.1) is 6.92 Å². The third kappa shape index (κ3) is 4.21. The highest BCUT2D eigenvalue weighted by atomic mass is 32.2. The van der Waals surface area contributed by atoms with Crippen LogP contribution in [0.5, 0.6) is 5.75 Å². The van der Waals surface area contributed by atoms with Gasteiger partial charge in [-0.1, -0.05) is 12.1 Å². The first kappa shape index (κ1) is 15.3. The smallest absolute Gasteiger partial charge is 0.240 e. The minimum atomic E-state index is -3.56. The van der Waals surface area contributed by atoms with Gasteiger partial charge in [-0.3, -0.25) is 0 Å². The number of nitrogen functional groups attached to an aromatic ring is 1. The zero-order valence-corrected chi connectivity index (χ0v) is 12.5. The number of nitrogens with one attached hydrogen (secondary N) is 1. The second kappa shape index (κ2) is 6.15. The van der Waals surface area contributed by atoms with Gasteiger partial charge < -0.3 is 10.8 Å². The van der Waals surface area contributed by atoms with Crippen molar-refractivity contribution in [2.45, 2.75) is 18.2 Å². The summed E-state index contributed by atoms with van der Waals surface area (Å²) in [4.78, 5) is 0.172. The molecule has 0 aliphatic carbocycles. The second-order valence-corrected chi connectivity index (χ2v) is 6.66. The Hall–Kier alpha value is -2.05. The first-order valence-corrected chi connectivity index (χ1v) is 8.00. The molecule has 2 aromatic rings. The van der Waals surface area contributed by atoms with Gasteiger partial charge in [-0.25, -0.2) is 13.1 Å². The molecule has 0 heterocycles. The lowest BCUT2D eigenvalue weighted by Crippen LogP contribution is -2.26. The SMILES string of the molecule is Cc1cc(N)cc(S(=O)(=O)NCCc2ccc(O)cc2)c1. The number of aromatic hydroxyl groups is 1. The summed E-state index contributed by atoms with van der Waals surface area (Å²) in [6, 6.07) is 11.4. The van der Waals surface area contributed by atoms with E-state index in [9.17, 15) is 13.5 Å². The summed E-state index contributed by atoms with van der Waals surface area (Å²) in [7, 11) is -3.56. The van der Waals surface area contributed by atoms with Crippen LogP contribution in [-0.4, -0.2) is 20.1 Å². The van der Waals surface area contributed by atoms with Crippen LogP contribution in [-0.2, 0) is 16.4 Å². The molecule has 0 radical (unpaired) electrons. The second-order valence-electron chi connectivity index (χ2n) is 4.89. The van der Waals surface area contributed by atoms with Crippen molar-refractivity contribution < 1.29 is 13.5 Å². The van der Waals surface area contributed by atoms with Crippen LogP contribution in [0.25, 0.3) is 0 Å². The molecular formula is C15H18N2O3S. The molecule has 0 saturated heterocycles. The highest BCUT2D eigenvalue weighted by Crippen LogP contribution is 2.16. The normalized spacial score (nSPS) is 11.5. The van der Waals surface area contributed by atoms with Gasteiger partial charge in [-0.15, -0.1) is 0 Å². The molecule has 5 nitrogen and oxygen atoms in total. The molecule has 21 heavy (non-hydrogen) atoms. The van der Waals surface area contributed by atoms with E-state index in [1.807, 2.05) is 0 Å². The summed E-state index contributed by atoms with van der Waals surface area (Å²) in [6.45, 7) is 2.08. The molecule has 0 fully saturated rings. The number of sulfonamides is 1. The number of aryl methyl sites for hydroxylation is 1. The Morgan fingerprint density at radius 2 is 1.81 bits per heavy atom. The van der Waals surface area contributed by atoms with Crippen molar-refractivity contribution in [3.05, 3.63) is 53.6 Å². The summed E-state index contributed by atoms with van der Waals surface area (Å²) >= 11 is 0. The number of nitrogens with two attached hydrogens (primary N) is 1. The van der Waals surface area contributed by atoms with Crippen molar-refractivity contribution in [3.63, 3.8) is 0 Å². The monoisotopic (exact) mass is 306 g/mol. The number of rotatable bonds is 5. The molecule has 0 saturated carbocycles. The molecule has 6 heteroatoms. The van der Waals surface area contributed by atoms with Gasteiger partial charge >= 0.3 is 0 Å². The lowest BCUT2D eigenvalue weighted by molar-refractivity contribution is 0.475. The predicted octanol–water partition coefficient (Wildman–Crippen LogP) is 1.80. The number of hydrogen-bond acceptors (Lipinski definition) is 4. The molecule has 0 unspecified atom stereocenters. The van der Waals surface area contributed by atoms with E-state index in [1.165, 1.54) is 6.07 Å². The van der Waals surface area contributed by atoms with Crippen LogP contribution in [0.15, 0.2) is 47.4 Å². The van der Waals surface area contributed by atoms with E-state index in [1.54, 1.807) is 43.3 Å². The molecule has 2 rings (SSSR count). The first-order chi connectivity index (χ1) is 9.87. The van der Waals surface area contributed by atoms with Gasteiger partial charge in [0.15, 0.2) is 0 Å². The first-order valence-electron chi connectivity index (χ1n) is 6.51.